The molecule has 1 atom stereocenters. The van der Waals surface area contributed by atoms with Crippen LogP contribution < -0.4 is 15.4 Å². The quantitative estimate of drug-likeness (QED) is 0.875. The molecule has 0 saturated carbocycles. The predicted octanol–water partition coefficient (Wildman–Crippen LogP) is 3.01. The number of alkyl halides is 3. The molecule has 1 saturated heterocycles. The Morgan fingerprint density at radius 1 is 1.35 bits per heavy atom. The summed E-state index contributed by atoms with van der Waals surface area (Å²) in [6.45, 7) is 3.75. The van der Waals surface area contributed by atoms with Gasteiger partial charge in [0.25, 0.3) is 0 Å². The third-order valence-corrected chi connectivity index (χ3v) is 3.76. The molecule has 0 radical (unpaired) electrons. The van der Waals surface area contributed by atoms with E-state index in [1.165, 1.54) is 24.3 Å². The highest BCUT2D eigenvalue weighted by Gasteiger charge is 2.34. The Balaban J connectivity index is 0.00000264. The maximum absolute atomic E-state index is 12.2. The minimum atomic E-state index is -4.70. The molecule has 1 aliphatic heterocycles. The number of halogens is 4. The second-order valence-corrected chi connectivity index (χ2v) is 5.72. The standard InChI is InChI=1S/C15H19F3N2O2.ClH/c1-14(7-2-8-19-10-14)13(21)20-9-11-3-5-12(6-4-11)22-15(16,17)18;/h3-6,19H,2,7-10H2,1H3,(H,20,21);1H. The molecule has 1 aliphatic rings. The number of carbonyl (C=O) groups is 1. The van der Waals surface area contributed by atoms with Gasteiger partial charge in [-0.3, -0.25) is 4.79 Å². The summed E-state index contributed by atoms with van der Waals surface area (Å²) in [5.74, 6) is -0.318. The maximum Gasteiger partial charge on any atom is 0.573 e. The van der Waals surface area contributed by atoms with Gasteiger partial charge in [-0.05, 0) is 44.0 Å². The van der Waals surface area contributed by atoms with Crippen molar-refractivity contribution in [2.24, 2.45) is 5.41 Å². The van der Waals surface area contributed by atoms with E-state index in [1.807, 2.05) is 6.92 Å². The zero-order valence-electron chi connectivity index (χ0n) is 12.7. The van der Waals surface area contributed by atoms with E-state index in [4.69, 9.17) is 0 Å². The Morgan fingerprint density at radius 2 is 2.00 bits per heavy atom. The molecular weight excluding hydrogens is 333 g/mol. The number of ether oxygens (including phenoxy) is 1. The summed E-state index contributed by atoms with van der Waals surface area (Å²) < 4.78 is 40.0. The highest BCUT2D eigenvalue weighted by Crippen LogP contribution is 2.26. The van der Waals surface area contributed by atoms with Gasteiger partial charge in [0.15, 0.2) is 0 Å². The van der Waals surface area contributed by atoms with E-state index in [2.05, 4.69) is 15.4 Å². The average molecular weight is 353 g/mol. The molecule has 23 heavy (non-hydrogen) atoms. The smallest absolute Gasteiger partial charge is 0.406 e. The largest absolute Gasteiger partial charge is 0.573 e. The highest BCUT2D eigenvalue weighted by atomic mass is 35.5. The van der Waals surface area contributed by atoms with E-state index in [-0.39, 0.29) is 30.6 Å². The van der Waals surface area contributed by atoms with Crippen molar-refractivity contribution in [3.05, 3.63) is 29.8 Å². The fourth-order valence-electron chi connectivity index (χ4n) is 2.45. The summed E-state index contributed by atoms with van der Waals surface area (Å²) in [6.07, 6.45) is -2.92. The third-order valence-electron chi connectivity index (χ3n) is 3.76. The number of hydrogen-bond donors (Lipinski definition) is 2. The van der Waals surface area contributed by atoms with Gasteiger partial charge in [0.05, 0.1) is 5.41 Å². The van der Waals surface area contributed by atoms with Crippen LogP contribution in [-0.2, 0) is 11.3 Å². The first kappa shape index (κ1) is 19.6. The topological polar surface area (TPSA) is 50.4 Å². The number of amides is 1. The van der Waals surface area contributed by atoms with Crippen molar-refractivity contribution in [1.82, 2.24) is 10.6 Å². The molecule has 1 amide bonds. The zero-order chi connectivity index (χ0) is 16.2. The molecule has 4 nitrogen and oxygen atoms in total. The summed E-state index contributed by atoms with van der Waals surface area (Å²) in [5, 5.41) is 6.03. The predicted molar refractivity (Wildman–Crippen MR) is 82.4 cm³/mol. The number of carbonyl (C=O) groups excluding carboxylic acids is 1. The normalized spacial score (nSPS) is 21.2. The Morgan fingerprint density at radius 3 is 2.52 bits per heavy atom. The molecule has 130 valence electrons. The number of rotatable bonds is 4. The Bertz CT molecular complexity index is 514. The molecule has 0 aliphatic carbocycles. The van der Waals surface area contributed by atoms with Gasteiger partial charge in [-0.15, -0.1) is 25.6 Å². The van der Waals surface area contributed by atoms with Crippen molar-refractivity contribution in [3.8, 4) is 5.75 Å². The lowest BCUT2D eigenvalue weighted by Crippen LogP contribution is -2.48. The summed E-state index contributed by atoms with van der Waals surface area (Å²) in [5.41, 5.74) is 0.285. The van der Waals surface area contributed by atoms with Crippen LogP contribution in [0.3, 0.4) is 0 Å². The molecular formula is C15H20ClF3N2O2. The Hall–Kier alpha value is -1.47. The minimum Gasteiger partial charge on any atom is -0.406 e. The summed E-state index contributed by atoms with van der Waals surface area (Å²) in [4.78, 5) is 12.2. The summed E-state index contributed by atoms with van der Waals surface area (Å²) in [7, 11) is 0. The highest BCUT2D eigenvalue weighted by molar-refractivity contribution is 5.85. The van der Waals surface area contributed by atoms with Crippen LogP contribution in [0.4, 0.5) is 13.2 Å². The molecule has 0 spiro atoms. The van der Waals surface area contributed by atoms with Crippen LogP contribution in [0.1, 0.15) is 25.3 Å². The molecule has 8 heteroatoms. The van der Waals surface area contributed by atoms with Crippen LogP contribution >= 0.6 is 12.4 Å². The van der Waals surface area contributed by atoms with E-state index >= 15 is 0 Å². The lowest BCUT2D eigenvalue weighted by atomic mass is 9.82. The molecule has 1 unspecified atom stereocenters. The molecule has 2 N–H and O–H groups in total. The molecule has 1 aromatic carbocycles. The maximum atomic E-state index is 12.2. The number of nitrogens with one attached hydrogen (secondary N) is 2. The first-order valence-corrected chi connectivity index (χ1v) is 7.12. The molecule has 0 aromatic heterocycles. The first-order chi connectivity index (χ1) is 10.3. The van der Waals surface area contributed by atoms with E-state index < -0.39 is 11.8 Å². The van der Waals surface area contributed by atoms with E-state index in [9.17, 15) is 18.0 Å². The van der Waals surface area contributed by atoms with Crippen LogP contribution in [0, 0.1) is 5.41 Å². The van der Waals surface area contributed by atoms with Crippen molar-refractivity contribution in [2.45, 2.75) is 32.7 Å². The van der Waals surface area contributed by atoms with Crippen molar-refractivity contribution < 1.29 is 22.7 Å². The van der Waals surface area contributed by atoms with E-state index in [0.717, 1.165) is 24.9 Å². The van der Waals surface area contributed by atoms with Gasteiger partial charge in [-0.1, -0.05) is 12.1 Å². The van der Waals surface area contributed by atoms with Crippen LogP contribution in [0.15, 0.2) is 24.3 Å². The van der Waals surface area contributed by atoms with Crippen molar-refractivity contribution in [3.63, 3.8) is 0 Å². The molecule has 0 bridgehead atoms. The third kappa shape index (κ3) is 5.91. The second-order valence-electron chi connectivity index (χ2n) is 5.72. The number of hydrogen-bond acceptors (Lipinski definition) is 3. The van der Waals surface area contributed by atoms with Gasteiger partial charge >= 0.3 is 6.36 Å². The van der Waals surface area contributed by atoms with Crippen molar-refractivity contribution in [2.75, 3.05) is 13.1 Å². The van der Waals surface area contributed by atoms with Crippen LogP contribution in [0.2, 0.25) is 0 Å². The van der Waals surface area contributed by atoms with Crippen molar-refractivity contribution in [1.29, 1.82) is 0 Å². The first-order valence-electron chi connectivity index (χ1n) is 7.12. The molecule has 1 fully saturated rings. The van der Waals surface area contributed by atoms with Gasteiger partial charge in [-0.25, -0.2) is 0 Å². The monoisotopic (exact) mass is 352 g/mol. The van der Waals surface area contributed by atoms with Crippen LogP contribution in [0.25, 0.3) is 0 Å². The molecule has 2 rings (SSSR count). The lowest BCUT2D eigenvalue weighted by Gasteiger charge is -2.32. The zero-order valence-corrected chi connectivity index (χ0v) is 13.5. The lowest BCUT2D eigenvalue weighted by molar-refractivity contribution is -0.274. The average Bonchev–Trinajstić information content (AvgIpc) is 2.45. The molecule has 1 heterocycles. The van der Waals surface area contributed by atoms with Crippen LogP contribution in [0.5, 0.6) is 5.75 Å². The van der Waals surface area contributed by atoms with Gasteiger partial charge in [0.2, 0.25) is 5.91 Å². The van der Waals surface area contributed by atoms with E-state index in [0.29, 0.717) is 6.54 Å². The Kier molecular flexibility index (Phi) is 6.70. The van der Waals surface area contributed by atoms with Gasteiger partial charge < -0.3 is 15.4 Å². The number of piperidine rings is 1. The minimum absolute atomic E-state index is 0. The summed E-state index contributed by atoms with van der Waals surface area (Å²) in [6, 6.07) is 5.48. The van der Waals surface area contributed by atoms with Crippen molar-refractivity contribution >= 4 is 18.3 Å². The Labute approximate surface area is 139 Å². The van der Waals surface area contributed by atoms with Gasteiger partial charge in [0.1, 0.15) is 5.75 Å². The van der Waals surface area contributed by atoms with Gasteiger partial charge in [-0.2, -0.15) is 0 Å². The summed E-state index contributed by atoms with van der Waals surface area (Å²) >= 11 is 0. The van der Waals surface area contributed by atoms with E-state index in [1.54, 1.807) is 0 Å². The fraction of sp³-hybridized carbons (Fsp3) is 0.533. The fourth-order valence-corrected chi connectivity index (χ4v) is 2.45. The van der Waals surface area contributed by atoms with Crippen LogP contribution in [-0.4, -0.2) is 25.4 Å². The van der Waals surface area contributed by atoms with Gasteiger partial charge in [0, 0.05) is 13.1 Å². The number of benzene rings is 1. The SMILES string of the molecule is CC1(C(=O)NCc2ccc(OC(F)(F)F)cc2)CCCNC1.Cl. The molecule has 1 aromatic rings. The second kappa shape index (κ2) is 7.88.